The fraction of sp³-hybridized carbons (Fsp3) is 0.923. The van der Waals surface area contributed by atoms with Crippen LogP contribution >= 0.6 is 0 Å². The molecule has 1 atom stereocenters. The Morgan fingerprint density at radius 2 is 2.18 bits per heavy atom. The van der Waals surface area contributed by atoms with Crippen molar-refractivity contribution in [2.75, 3.05) is 27.2 Å². The summed E-state index contributed by atoms with van der Waals surface area (Å²) >= 11 is 0. The van der Waals surface area contributed by atoms with Crippen LogP contribution in [0, 0.1) is 0 Å². The van der Waals surface area contributed by atoms with Crippen LogP contribution in [0.2, 0.25) is 0 Å². The van der Waals surface area contributed by atoms with Crippen LogP contribution in [0.5, 0.6) is 0 Å². The van der Waals surface area contributed by atoms with E-state index in [1.165, 1.54) is 6.42 Å². The van der Waals surface area contributed by atoms with E-state index in [9.17, 15) is 4.79 Å². The molecule has 1 saturated heterocycles. The third-order valence-electron chi connectivity index (χ3n) is 3.64. The molecule has 17 heavy (non-hydrogen) atoms. The topological polar surface area (TPSA) is 41.6 Å². The van der Waals surface area contributed by atoms with Crippen LogP contribution in [0.1, 0.15) is 39.5 Å². The van der Waals surface area contributed by atoms with E-state index >= 15 is 0 Å². The molecule has 0 radical (unpaired) electrons. The molecule has 1 fully saturated rings. The Morgan fingerprint density at radius 1 is 1.47 bits per heavy atom. The van der Waals surface area contributed by atoms with Crippen LogP contribution in [-0.2, 0) is 9.53 Å². The third-order valence-corrected chi connectivity index (χ3v) is 3.64. The fourth-order valence-electron chi connectivity index (χ4n) is 2.31. The number of nitrogens with one attached hydrogen (secondary N) is 1. The molecule has 0 aromatic carbocycles. The molecule has 4 nitrogen and oxygen atoms in total. The first-order chi connectivity index (χ1) is 8.03. The van der Waals surface area contributed by atoms with Crippen molar-refractivity contribution in [1.29, 1.82) is 0 Å². The van der Waals surface area contributed by atoms with E-state index < -0.39 is 5.60 Å². The minimum Gasteiger partial charge on any atom is -0.369 e. The van der Waals surface area contributed by atoms with E-state index in [1.54, 1.807) is 7.11 Å². The van der Waals surface area contributed by atoms with Crippen LogP contribution in [0.15, 0.2) is 0 Å². The van der Waals surface area contributed by atoms with Crippen LogP contribution < -0.4 is 5.32 Å². The van der Waals surface area contributed by atoms with E-state index in [0.29, 0.717) is 6.04 Å². The zero-order chi connectivity index (χ0) is 12.9. The molecule has 1 heterocycles. The standard InChI is InChI=1S/C13H26N2O2/c1-13(2,17-4)12(16)15-10-6-5-7-11(15)8-9-14-3/h11,14H,5-10H2,1-4H3. The highest BCUT2D eigenvalue weighted by Gasteiger charge is 2.36. The van der Waals surface area contributed by atoms with Gasteiger partial charge in [-0.25, -0.2) is 0 Å². The van der Waals surface area contributed by atoms with Gasteiger partial charge in [0.1, 0.15) is 5.60 Å². The zero-order valence-electron chi connectivity index (χ0n) is 11.6. The van der Waals surface area contributed by atoms with E-state index in [1.807, 2.05) is 25.8 Å². The summed E-state index contributed by atoms with van der Waals surface area (Å²) < 4.78 is 5.30. The average Bonchev–Trinajstić information content (AvgIpc) is 2.35. The van der Waals surface area contributed by atoms with Crippen LogP contribution in [0.25, 0.3) is 0 Å². The highest BCUT2D eigenvalue weighted by molar-refractivity contribution is 5.84. The number of piperidine rings is 1. The summed E-state index contributed by atoms with van der Waals surface area (Å²) in [5.74, 6) is 0.126. The average molecular weight is 242 g/mol. The Bertz CT molecular complexity index is 254. The van der Waals surface area contributed by atoms with Crippen molar-refractivity contribution in [1.82, 2.24) is 10.2 Å². The maximum absolute atomic E-state index is 12.4. The van der Waals surface area contributed by atoms with Crippen LogP contribution in [-0.4, -0.2) is 49.7 Å². The Labute approximate surface area is 105 Å². The van der Waals surface area contributed by atoms with Gasteiger partial charge in [0.2, 0.25) is 0 Å². The van der Waals surface area contributed by atoms with E-state index in [0.717, 1.165) is 32.4 Å². The Hall–Kier alpha value is -0.610. The molecule has 100 valence electrons. The largest absolute Gasteiger partial charge is 0.369 e. The molecule has 1 N–H and O–H groups in total. The third kappa shape index (κ3) is 3.68. The fourth-order valence-corrected chi connectivity index (χ4v) is 2.31. The lowest BCUT2D eigenvalue weighted by molar-refractivity contribution is -0.155. The highest BCUT2D eigenvalue weighted by atomic mass is 16.5. The lowest BCUT2D eigenvalue weighted by Gasteiger charge is -2.39. The number of nitrogens with zero attached hydrogens (tertiary/aromatic N) is 1. The maximum atomic E-state index is 12.4. The van der Waals surface area contributed by atoms with Gasteiger partial charge < -0.3 is 15.0 Å². The normalized spacial score (nSPS) is 21.6. The minimum atomic E-state index is -0.699. The van der Waals surface area contributed by atoms with Gasteiger partial charge in [0.15, 0.2) is 0 Å². The van der Waals surface area contributed by atoms with Gasteiger partial charge in [-0.3, -0.25) is 4.79 Å². The summed E-state index contributed by atoms with van der Waals surface area (Å²) in [7, 11) is 3.55. The number of likely N-dealkylation sites (tertiary alicyclic amines) is 1. The summed E-state index contributed by atoms with van der Waals surface area (Å²) in [5, 5.41) is 3.16. The second kappa shape index (κ2) is 6.36. The Morgan fingerprint density at radius 3 is 2.76 bits per heavy atom. The summed E-state index contributed by atoms with van der Waals surface area (Å²) in [5.41, 5.74) is -0.699. The number of hydrogen-bond acceptors (Lipinski definition) is 3. The first-order valence-electron chi connectivity index (χ1n) is 6.53. The van der Waals surface area contributed by atoms with E-state index in [4.69, 9.17) is 4.74 Å². The monoisotopic (exact) mass is 242 g/mol. The molecular formula is C13H26N2O2. The number of carbonyl (C=O) groups excluding carboxylic acids is 1. The first-order valence-corrected chi connectivity index (χ1v) is 6.53. The van der Waals surface area contributed by atoms with Gasteiger partial charge in [-0.05, 0) is 53.1 Å². The minimum absolute atomic E-state index is 0.126. The number of hydrogen-bond donors (Lipinski definition) is 1. The van der Waals surface area contributed by atoms with Crippen molar-refractivity contribution < 1.29 is 9.53 Å². The molecule has 0 saturated carbocycles. The number of ether oxygens (including phenoxy) is 1. The van der Waals surface area contributed by atoms with Crippen molar-refractivity contribution in [3.05, 3.63) is 0 Å². The van der Waals surface area contributed by atoms with Gasteiger partial charge in [0.25, 0.3) is 5.91 Å². The van der Waals surface area contributed by atoms with Crippen molar-refractivity contribution in [3.63, 3.8) is 0 Å². The second-order valence-electron chi connectivity index (χ2n) is 5.25. The maximum Gasteiger partial charge on any atom is 0.254 e. The van der Waals surface area contributed by atoms with Gasteiger partial charge in [-0.2, -0.15) is 0 Å². The molecule has 1 amide bonds. The highest BCUT2D eigenvalue weighted by Crippen LogP contribution is 2.23. The summed E-state index contributed by atoms with van der Waals surface area (Å²) in [6.45, 7) is 5.53. The lowest BCUT2D eigenvalue weighted by atomic mass is 9.96. The van der Waals surface area contributed by atoms with Crippen LogP contribution in [0.4, 0.5) is 0 Å². The van der Waals surface area contributed by atoms with Gasteiger partial charge in [0, 0.05) is 19.7 Å². The lowest BCUT2D eigenvalue weighted by Crippen LogP contribution is -2.53. The zero-order valence-corrected chi connectivity index (χ0v) is 11.6. The van der Waals surface area contributed by atoms with Gasteiger partial charge >= 0.3 is 0 Å². The van der Waals surface area contributed by atoms with Gasteiger partial charge in [-0.1, -0.05) is 0 Å². The predicted molar refractivity (Wildman–Crippen MR) is 69.0 cm³/mol. The summed E-state index contributed by atoms with van der Waals surface area (Å²) in [6, 6.07) is 0.373. The number of methoxy groups -OCH3 is 1. The van der Waals surface area contributed by atoms with E-state index in [2.05, 4.69) is 5.32 Å². The number of carbonyl (C=O) groups is 1. The summed E-state index contributed by atoms with van der Waals surface area (Å²) in [4.78, 5) is 14.4. The first kappa shape index (κ1) is 14.5. The molecule has 4 heteroatoms. The molecule has 1 aliphatic rings. The molecule has 1 rings (SSSR count). The van der Waals surface area contributed by atoms with Crippen LogP contribution in [0.3, 0.4) is 0 Å². The second-order valence-corrected chi connectivity index (χ2v) is 5.25. The Kier molecular flexibility index (Phi) is 5.40. The van der Waals surface area contributed by atoms with Crippen molar-refractivity contribution in [2.45, 2.75) is 51.2 Å². The van der Waals surface area contributed by atoms with E-state index in [-0.39, 0.29) is 5.91 Å². The predicted octanol–water partition coefficient (Wildman–Crippen LogP) is 1.40. The van der Waals surface area contributed by atoms with Crippen molar-refractivity contribution >= 4 is 5.91 Å². The van der Waals surface area contributed by atoms with Gasteiger partial charge in [0.05, 0.1) is 0 Å². The summed E-state index contributed by atoms with van der Waals surface area (Å²) in [6.07, 6.45) is 4.49. The van der Waals surface area contributed by atoms with Gasteiger partial charge in [-0.15, -0.1) is 0 Å². The molecule has 0 aromatic rings. The molecule has 0 aliphatic carbocycles. The molecular weight excluding hydrogens is 216 g/mol. The number of amides is 1. The molecule has 0 aromatic heterocycles. The molecule has 1 aliphatic heterocycles. The Balaban J connectivity index is 2.67. The van der Waals surface area contributed by atoms with Crippen molar-refractivity contribution in [3.8, 4) is 0 Å². The molecule has 0 spiro atoms. The SMILES string of the molecule is CNCCC1CCCCN1C(=O)C(C)(C)OC. The molecule has 0 bridgehead atoms. The quantitative estimate of drug-likeness (QED) is 0.792. The molecule has 1 unspecified atom stereocenters. The smallest absolute Gasteiger partial charge is 0.254 e. The number of rotatable bonds is 5. The van der Waals surface area contributed by atoms with Crippen molar-refractivity contribution in [2.24, 2.45) is 0 Å².